The summed E-state index contributed by atoms with van der Waals surface area (Å²) in [5.74, 6) is 1.88. The monoisotopic (exact) mass is 406 g/mol. The van der Waals surface area contributed by atoms with Gasteiger partial charge in [0, 0.05) is 34.6 Å². The van der Waals surface area contributed by atoms with Gasteiger partial charge in [-0.1, -0.05) is 12.1 Å². The maximum absolute atomic E-state index is 12.2. The van der Waals surface area contributed by atoms with E-state index in [9.17, 15) is 4.79 Å². The van der Waals surface area contributed by atoms with Gasteiger partial charge in [0.25, 0.3) is 0 Å². The average molecular weight is 408 g/mol. The van der Waals surface area contributed by atoms with Gasteiger partial charge in [-0.15, -0.1) is 24.2 Å². The molecule has 0 aliphatic carbocycles. The summed E-state index contributed by atoms with van der Waals surface area (Å²) in [7, 11) is 2.00. The molecule has 0 radical (unpaired) electrons. The highest BCUT2D eigenvalue weighted by Crippen LogP contribution is 2.27. The Morgan fingerprint density at radius 3 is 2.68 bits per heavy atom. The first-order chi connectivity index (χ1) is 10.2. The summed E-state index contributed by atoms with van der Waals surface area (Å²) < 4.78 is 1.11. The number of thioether (sulfide) groups is 1. The molecule has 1 amide bonds. The molecule has 1 aliphatic heterocycles. The summed E-state index contributed by atoms with van der Waals surface area (Å²) in [6.07, 6.45) is 2.89. The van der Waals surface area contributed by atoms with Gasteiger partial charge in [0.15, 0.2) is 0 Å². The minimum Gasteiger partial charge on any atom is -0.343 e. The van der Waals surface area contributed by atoms with Crippen molar-refractivity contribution < 1.29 is 4.79 Å². The molecule has 1 aromatic rings. The van der Waals surface area contributed by atoms with E-state index in [0.717, 1.165) is 48.6 Å². The Bertz CT molecular complexity index is 467. The molecule has 1 saturated heterocycles. The van der Waals surface area contributed by atoms with Gasteiger partial charge in [-0.25, -0.2) is 0 Å². The van der Waals surface area contributed by atoms with Crippen LogP contribution in [0.5, 0.6) is 0 Å². The zero-order valence-electron chi connectivity index (χ0n) is 12.9. The third-order valence-corrected chi connectivity index (χ3v) is 5.90. The molecule has 0 bridgehead atoms. The number of rotatable bonds is 6. The summed E-state index contributed by atoms with van der Waals surface area (Å²) in [5.41, 5.74) is 0. The van der Waals surface area contributed by atoms with Crippen LogP contribution < -0.4 is 5.32 Å². The van der Waals surface area contributed by atoms with Crippen molar-refractivity contribution in [1.29, 1.82) is 0 Å². The number of nitrogens with zero attached hydrogens (tertiary/aromatic N) is 1. The average Bonchev–Trinajstić information content (AvgIpc) is 2.50. The maximum Gasteiger partial charge on any atom is 0.223 e. The van der Waals surface area contributed by atoms with E-state index in [1.807, 2.05) is 30.1 Å². The zero-order chi connectivity index (χ0) is 15.1. The second-order valence-electron chi connectivity index (χ2n) is 5.41. The fraction of sp³-hybridized carbons (Fsp3) is 0.562. The van der Waals surface area contributed by atoms with Crippen LogP contribution in [0.2, 0.25) is 0 Å². The van der Waals surface area contributed by atoms with Crippen molar-refractivity contribution in [2.45, 2.75) is 24.2 Å². The quantitative estimate of drug-likeness (QED) is 0.728. The molecule has 0 saturated carbocycles. The van der Waals surface area contributed by atoms with Crippen LogP contribution in [-0.4, -0.2) is 43.2 Å². The summed E-state index contributed by atoms with van der Waals surface area (Å²) >= 11 is 5.28. The molecule has 3 nitrogen and oxygen atoms in total. The van der Waals surface area contributed by atoms with E-state index in [0.29, 0.717) is 12.3 Å². The fourth-order valence-electron chi connectivity index (χ4n) is 2.64. The Hall–Kier alpha value is -0.230. The molecule has 1 N–H and O–H groups in total. The van der Waals surface area contributed by atoms with Crippen molar-refractivity contribution in [3.05, 3.63) is 28.7 Å². The van der Waals surface area contributed by atoms with E-state index in [2.05, 4.69) is 27.3 Å². The third kappa shape index (κ3) is 6.11. The molecule has 1 aromatic carbocycles. The first-order valence-electron chi connectivity index (χ1n) is 7.50. The number of carbonyl (C=O) groups excluding carboxylic acids is 1. The standard InChI is InChI=1S/C16H23BrN2OS.ClH/c1-18-12-13-6-9-19(10-7-13)16(20)8-11-21-15-5-3-2-4-14(15)17;/h2-5,13,18H,6-12H2,1H3;1H. The summed E-state index contributed by atoms with van der Waals surface area (Å²) in [6.45, 7) is 2.91. The number of amides is 1. The molecular weight excluding hydrogens is 384 g/mol. The highest BCUT2D eigenvalue weighted by molar-refractivity contribution is 9.10. The molecule has 6 heteroatoms. The molecule has 124 valence electrons. The van der Waals surface area contributed by atoms with Crippen molar-refractivity contribution >= 4 is 46.0 Å². The van der Waals surface area contributed by atoms with Crippen molar-refractivity contribution in [2.24, 2.45) is 5.92 Å². The summed E-state index contributed by atoms with van der Waals surface area (Å²) in [5, 5.41) is 3.23. The van der Waals surface area contributed by atoms with E-state index in [4.69, 9.17) is 0 Å². The number of carbonyl (C=O) groups is 1. The van der Waals surface area contributed by atoms with Crippen LogP contribution in [0, 0.1) is 5.92 Å². The lowest BCUT2D eigenvalue weighted by Gasteiger charge is -2.32. The molecule has 0 spiro atoms. The van der Waals surface area contributed by atoms with Crippen LogP contribution in [-0.2, 0) is 4.79 Å². The summed E-state index contributed by atoms with van der Waals surface area (Å²) in [6, 6.07) is 8.16. The van der Waals surface area contributed by atoms with Crippen molar-refractivity contribution in [3.8, 4) is 0 Å². The van der Waals surface area contributed by atoms with Gasteiger partial charge < -0.3 is 10.2 Å². The SMILES string of the molecule is CNCC1CCN(C(=O)CCSc2ccccc2Br)CC1.Cl. The van der Waals surface area contributed by atoms with Gasteiger partial charge in [-0.05, 0) is 60.4 Å². The number of halogens is 2. The molecule has 22 heavy (non-hydrogen) atoms. The van der Waals surface area contributed by atoms with Gasteiger partial charge in [-0.3, -0.25) is 4.79 Å². The van der Waals surface area contributed by atoms with Gasteiger partial charge in [0.2, 0.25) is 5.91 Å². The fourth-order valence-corrected chi connectivity index (χ4v) is 4.15. The number of hydrogen-bond acceptors (Lipinski definition) is 3. The van der Waals surface area contributed by atoms with Crippen molar-refractivity contribution in [3.63, 3.8) is 0 Å². The first-order valence-corrected chi connectivity index (χ1v) is 9.28. The number of nitrogens with one attached hydrogen (secondary N) is 1. The Balaban J connectivity index is 0.00000242. The molecule has 1 heterocycles. The Labute approximate surface area is 152 Å². The lowest BCUT2D eigenvalue weighted by molar-refractivity contribution is -0.132. The Kier molecular flexibility index (Phi) is 9.48. The lowest BCUT2D eigenvalue weighted by Crippen LogP contribution is -2.40. The zero-order valence-corrected chi connectivity index (χ0v) is 16.1. The summed E-state index contributed by atoms with van der Waals surface area (Å²) in [4.78, 5) is 15.5. The maximum atomic E-state index is 12.2. The molecule has 2 rings (SSSR count). The highest BCUT2D eigenvalue weighted by Gasteiger charge is 2.21. The van der Waals surface area contributed by atoms with E-state index in [-0.39, 0.29) is 12.4 Å². The van der Waals surface area contributed by atoms with E-state index in [1.54, 1.807) is 11.8 Å². The number of hydrogen-bond donors (Lipinski definition) is 1. The predicted octanol–water partition coefficient (Wildman–Crippen LogP) is 3.81. The second-order valence-corrected chi connectivity index (χ2v) is 7.40. The Morgan fingerprint density at radius 1 is 1.36 bits per heavy atom. The molecule has 1 fully saturated rings. The van der Waals surface area contributed by atoms with Crippen LogP contribution in [0.3, 0.4) is 0 Å². The largest absolute Gasteiger partial charge is 0.343 e. The highest BCUT2D eigenvalue weighted by atomic mass is 79.9. The van der Waals surface area contributed by atoms with Gasteiger partial charge in [-0.2, -0.15) is 0 Å². The third-order valence-electron chi connectivity index (χ3n) is 3.87. The molecule has 0 aromatic heterocycles. The molecule has 0 unspecified atom stereocenters. The number of benzene rings is 1. The smallest absolute Gasteiger partial charge is 0.223 e. The van der Waals surface area contributed by atoms with Gasteiger partial charge >= 0.3 is 0 Å². The van der Waals surface area contributed by atoms with E-state index < -0.39 is 0 Å². The topological polar surface area (TPSA) is 32.3 Å². The minimum atomic E-state index is 0. The van der Waals surface area contributed by atoms with Crippen LogP contribution in [0.4, 0.5) is 0 Å². The Morgan fingerprint density at radius 2 is 2.05 bits per heavy atom. The normalized spacial score (nSPS) is 15.5. The lowest BCUT2D eigenvalue weighted by atomic mass is 9.97. The molecular formula is C16H24BrClN2OS. The van der Waals surface area contributed by atoms with Crippen LogP contribution in [0.25, 0.3) is 0 Å². The molecule has 1 aliphatic rings. The van der Waals surface area contributed by atoms with E-state index in [1.165, 1.54) is 4.90 Å². The van der Waals surface area contributed by atoms with Gasteiger partial charge in [0.05, 0.1) is 0 Å². The van der Waals surface area contributed by atoms with Crippen LogP contribution in [0.15, 0.2) is 33.6 Å². The van der Waals surface area contributed by atoms with Crippen LogP contribution >= 0.6 is 40.1 Å². The first kappa shape index (κ1) is 19.8. The minimum absolute atomic E-state index is 0. The molecule has 0 atom stereocenters. The van der Waals surface area contributed by atoms with E-state index >= 15 is 0 Å². The van der Waals surface area contributed by atoms with Crippen LogP contribution in [0.1, 0.15) is 19.3 Å². The predicted molar refractivity (Wildman–Crippen MR) is 100.0 cm³/mol. The van der Waals surface area contributed by atoms with Gasteiger partial charge in [0.1, 0.15) is 0 Å². The van der Waals surface area contributed by atoms with Crippen molar-refractivity contribution in [1.82, 2.24) is 10.2 Å². The number of piperidine rings is 1. The van der Waals surface area contributed by atoms with Crippen molar-refractivity contribution in [2.75, 3.05) is 32.4 Å². The number of likely N-dealkylation sites (tertiary alicyclic amines) is 1. The second kappa shape index (κ2) is 10.5.